The van der Waals surface area contributed by atoms with E-state index in [9.17, 15) is 9.36 Å². The summed E-state index contributed by atoms with van der Waals surface area (Å²) < 4.78 is 18.0. The minimum Gasteiger partial charge on any atom is -0.308 e. The second-order valence-electron chi connectivity index (χ2n) is 5.18. The number of anilines is 1. The Bertz CT molecular complexity index is 555. The maximum absolute atomic E-state index is 12.7. The predicted octanol–water partition coefficient (Wildman–Crippen LogP) is 5.99. The smallest absolute Gasteiger partial charge is 0.308 e. The zero-order valence-electron chi connectivity index (χ0n) is 14.7. The van der Waals surface area contributed by atoms with Crippen LogP contribution in [0.15, 0.2) is 29.2 Å². The molecule has 24 heavy (non-hydrogen) atoms. The normalized spacial score (nSPS) is 14.7. The number of hydrogen-bond acceptors (Lipinski definition) is 5. The molecule has 1 aromatic carbocycles. The third-order valence-electron chi connectivity index (χ3n) is 3.02. The minimum atomic E-state index is -3.26. The maximum atomic E-state index is 12.7. The molecule has 0 saturated carbocycles. The van der Waals surface area contributed by atoms with Crippen LogP contribution in [0, 0.1) is 0 Å². The number of carbonyl (C=O) groups is 1. The minimum absolute atomic E-state index is 0.137. The lowest BCUT2D eigenvalue weighted by molar-refractivity contribution is 0.254. The van der Waals surface area contributed by atoms with Crippen molar-refractivity contribution < 1.29 is 13.9 Å². The van der Waals surface area contributed by atoms with E-state index >= 15 is 0 Å². The first-order chi connectivity index (χ1) is 11.4. The van der Waals surface area contributed by atoms with Gasteiger partial charge < -0.3 is 9.84 Å². The lowest BCUT2D eigenvalue weighted by Gasteiger charge is -2.21. The number of nitrogens with one attached hydrogen (secondary N) is 2. The number of benzene rings is 1. The van der Waals surface area contributed by atoms with Crippen LogP contribution in [0.3, 0.4) is 0 Å². The van der Waals surface area contributed by atoms with Crippen molar-refractivity contribution in [2.24, 2.45) is 0 Å². The molecular weight excluding hydrogens is 363 g/mol. The second-order valence-corrected chi connectivity index (χ2v) is 10.9. The number of amides is 2. The van der Waals surface area contributed by atoms with E-state index < -0.39 is 12.8 Å². The molecule has 5 nitrogen and oxygen atoms in total. The monoisotopic (exact) mass is 390 g/mol. The van der Waals surface area contributed by atoms with Crippen molar-refractivity contribution in [1.82, 2.24) is 5.09 Å². The van der Waals surface area contributed by atoms with Gasteiger partial charge in [-0.05, 0) is 61.2 Å². The summed E-state index contributed by atoms with van der Waals surface area (Å²) in [6.07, 6.45) is 1.97. The highest BCUT2D eigenvalue weighted by atomic mass is 32.7. The van der Waals surface area contributed by atoms with E-state index in [4.69, 9.17) is 4.52 Å². The van der Waals surface area contributed by atoms with E-state index in [1.54, 1.807) is 18.7 Å². The van der Waals surface area contributed by atoms with E-state index in [1.165, 1.54) is 11.4 Å². The summed E-state index contributed by atoms with van der Waals surface area (Å²) in [5, 5.41) is 5.34. The molecule has 0 bridgehead atoms. The Hall–Kier alpha value is -0.620. The van der Waals surface area contributed by atoms with Crippen LogP contribution in [0.4, 0.5) is 10.5 Å². The molecule has 1 aromatic rings. The molecule has 0 fully saturated rings. The molecule has 0 spiro atoms. The Labute approximate surface area is 153 Å². The summed E-state index contributed by atoms with van der Waals surface area (Å²) in [5.41, 5.74) is 0.657. The molecule has 2 N–H and O–H groups in total. The van der Waals surface area contributed by atoms with Gasteiger partial charge in [-0.2, -0.15) is 0 Å². The Kier molecular flexibility index (Phi) is 9.89. The molecule has 0 saturated heterocycles. The van der Waals surface area contributed by atoms with Crippen molar-refractivity contribution in [2.75, 3.05) is 17.7 Å². The van der Waals surface area contributed by atoms with E-state index in [1.807, 2.05) is 38.1 Å². The Balaban J connectivity index is 2.63. The highest BCUT2D eigenvalue weighted by Gasteiger charge is 2.28. The quantitative estimate of drug-likeness (QED) is 0.379. The summed E-state index contributed by atoms with van der Waals surface area (Å²) in [5.74, 6) is 1.07. The number of urea groups is 1. The van der Waals surface area contributed by atoms with E-state index in [0.29, 0.717) is 5.69 Å². The van der Waals surface area contributed by atoms with Gasteiger partial charge in [0.15, 0.2) is 0 Å². The van der Waals surface area contributed by atoms with Gasteiger partial charge in [-0.1, -0.05) is 20.8 Å². The lowest BCUT2D eigenvalue weighted by Crippen LogP contribution is -2.26. The third-order valence-corrected chi connectivity index (χ3v) is 8.78. The first-order valence-electron chi connectivity index (χ1n) is 8.17. The third kappa shape index (κ3) is 7.97. The zero-order chi connectivity index (χ0) is 18.0. The number of thioether (sulfide) groups is 1. The van der Waals surface area contributed by atoms with Crippen LogP contribution < -0.4 is 10.4 Å². The fourth-order valence-electron chi connectivity index (χ4n) is 1.71. The van der Waals surface area contributed by atoms with Crippen molar-refractivity contribution >= 4 is 41.6 Å². The fraction of sp³-hybridized carbons (Fsp3) is 0.562. The summed E-state index contributed by atoms with van der Waals surface area (Å²) >= 11 is 2.96. The van der Waals surface area contributed by atoms with Crippen LogP contribution >= 0.6 is 29.9 Å². The van der Waals surface area contributed by atoms with Crippen LogP contribution in [-0.4, -0.2) is 23.6 Å². The fourth-order valence-corrected chi connectivity index (χ4v) is 6.70. The van der Waals surface area contributed by atoms with Gasteiger partial charge in [0, 0.05) is 15.8 Å². The lowest BCUT2D eigenvalue weighted by atomic mass is 10.3. The largest absolute Gasteiger partial charge is 0.354 e. The summed E-state index contributed by atoms with van der Waals surface area (Å²) in [6, 6.07) is 7.09. The van der Waals surface area contributed by atoms with Crippen molar-refractivity contribution in [3.8, 4) is 0 Å². The molecule has 0 aliphatic carbocycles. The van der Waals surface area contributed by atoms with Crippen molar-refractivity contribution in [2.45, 2.75) is 50.7 Å². The van der Waals surface area contributed by atoms with Crippen LogP contribution in [0.5, 0.6) is 0 Å². The van der Waals surface area contributed by atoms with Gasteiger partial charge in [0.25, 0.3) is 0 Å². The maximum Gasteiger partial charge on any atom is 0.354 e. The SMILES string of the molecule is CCCSc1ccc(NC(=O)NP(=O)(OCC)SC(C)CC)cc1. The average molecular weight is 391 g/mol. The van der Waals surface area contributed by atoms with Crippen LogP contribution in [0.25, 0.3) is 0 Å². The van der Waals surface area contributed by atoms with Gasteiger partial charge in [0.05, 0.1) is 6.61 Å². The second kappa shape index (κ2) is 11.1. The Morgan fingerprint density at radius 3 is 2.46 bits per heavy atom. The van der Waals surface area contributed by atoms with Gasteiger partial charge in [-0.25, -0.2) is 4.79 Å². The van der Waals surface area contributed by atoms with E-state index in [0.717, 1.165) is 23.5 Å². The van der Waals surface area contributed by atoms with Crippen LogP contribution in [0.1, 0.15) is 40.5 Å². The van der Waals surface area contributed by atoms with E-state index in [-0.39, 0.29) is 11.9 Å². The van der Waals surface area contributed by atoms with Crippen molar-refractivity contribution in [3.05, 3.63) is 24.3 Å². The molecule has 1 rings (SSSR count). The van der Waals surface area contributed by atoms with E-state index in [2.05, 4.69) is 17.3 Å². The molecule has 2 amide bonds. The first kappa shape index (κ1) is 21.4. The number of hydrogen-bond donors (Lipinski definition) is 2. The molecule has 0 aromatic heterocycles. The highest BCUT2D eigenvalue weighted by Crippen LogP contribution is 2.58. The summed E-state index contributed by atoms with van der Waals surface area (Å²) in [6.45, 7) is 4.89. The standard InChI is InChI=1S/C16H27N2O3PS2/c1-5-12-23-15-10-8-14(9-11-15)17-16(19)18-22(20,21-7-3)24-13(4)6-2/h8-11,13H,5-7,12H2,1-4H3,(H2,17,18,19,20). The van der Waals surface area contributed by atoms with Gasteiger partial charge >= 0.3 is 12.8 Å². The Morgan fingerprint density at radius 1 is 1.25 bits per heavy atom. The first-order valence-corrected chi connectivity index (χ1v) is 12.3. The molecule has 136 valence electrons. The molecular formula is C16H27N2O3PS2. The van der Waals surface area contributed by atoms with Gasteiger partial charge in [0.2, 0.25) is 0 Å². The number of carbonyl (C=O) groups excluding carboxylic acids is 1. The topological polar surface area (TPSA) is 67.4 Å². The average Bonchev–Trinajstić information content (AvgIpc) is 2.53. The molecule has 8 heteroatoms. The molecule has 0 aliphatic rings. The summed E-state index contributed by atoms with van der Waals surface area (Å²) in [4.78, 5) is 13.3. The number of rotatable bonds is 10. The van der Waals surface area contributed by atoms with Gasteiger partial charge in [-0.15, -0.1) is 11.8 Å². The van der Waals surface area contributed by atoms with Crippen molar-refractivity contribution in [3.63, 3.8) is 0 Å². The van der Waals surface area contributed by atoms with Crippen LogP contribution in [0.2, 0.25) is 0 Å². The summed E-state index contributed by atoms with van der Waals surface area (Å²) in [7, 11) is 0. The molecule has 2 unspecified atom stereocenters. The van der Waals surface area contributed by atoms with Crippen molar-refractivity contribution in [1.29, 1.82) is 0 Å². The molecule has 0 radical (unpaired) electrons. The zero-order valence-corrected chi connectivity index (χ0v) is 17.2. The molecule has 2 atom stereocenters. The van der Waals surface area contributed by atoms with Crippen LogP contribution in [-0.2, 0) is 9.09 Å². The Morgan fingerprint density at radius 2 is 1.92 bits per heavy atom. The van der Waals surface area contributed by atoms with Gasteiger partial charge in [0.1, 0.15) is 0 Å². The highest BCUT2D eigenvalue weighted by molar-refractivity contribution is 8.56. The van der Waals surface area contributed by atoms with Gasteiger partial charge in [-0.3, -0.25) is 9.65 Å². The molecule has 0 aliphatic heterocycles. The molecule has 0 heterocycles. The predicted molar refractivity (Wildman–Crippen MR) is 106 cm³/mol.